The number of carbonyl (C=O) groups is 8. The normalized spacial score (nSPS) is 15.1. The maximum Gasteiger partial charge on any atom is 0.266 e. The number of H-pyrrole nitrogens is 1. The molecule has 0 fully saturated rings. The van der Waals surface area contributed by atoms with Crippen molar-refractivity contribution in [2.45, 2.75) is 6.92 Å². The van der Waals surface area contributed by atoms with E-state index in [1.54, 1.807) is 97.1 Å². The molecular weight excluding hydrogens is 849 g/mol. The van der Waals surface area contributed by atoms with Crippen molar-refractivity contribution in [2.75, 3.05) is 21.7 Å². The van der Waals surface area contributed by atoms with E-state index in [9.17, 15) is 38.4 Å². The largest absolute Gasteiger partial charge is 0.338 e. The third-order valence-corrected chi connectivity index (χ3v) is 12.8. The summed E-state index contributed by atoms with van der Waals surface area (Å²) in [5.74, 6) is -3.42. The molecule has 7 aromatic carbocycles. The second-order valence-corrected chi connectivity index (χ2v) is 16.7. The molecule has 8 amide bonds. The van der Waals surface area contributed by atoms with Crippen LogP contribution in [0.15, 0.2) is 140 Å². The molecule has 320 valence electrons. The SMILES string of the molecule is Cc1ccc2nc(-c3ccc(N4C(=O)c5ccc(-c6ccc7c(c6)C(=O)N(c6ccc(N8C(=O)c9ccc(-c%10ccc%11c(c%10)C(=O)N(C)C%11=O)cc9C8=O)cc6)C7=O)cc5C4=O)cc3)[nH]c2c1. The fourth-order valence-electron chi connectivity index (χ4n) is 9.28. The molecule has 0 saturated carbocycles. The number of aromatic nitrogens is 2. The van der Waals surface area contributed by atoms with Crippen molar-refractivity contribution in [2.24, 2.45) is 0 Å². The van der Waals surface area contributed by atoms with E-state index in [1.165, 1.54) is 31.3 Å². The summed E-state index contributed by atoms with van der Waals surface area (Å²) in [4.78, 5) is 120. The van der Waals surface area contributed by atoms with Crippen LogP contribution in [0.25, 0.3) is 44.7 Å². The summed E-state index contributed by atoms with van der Waals surface area (Å²) in [5, 5.41) is 0. The standard InChI is InChI=1S/C53H30N6O8/c1-26-3-20-43-44(21-26)55-45(54-43)27-4-10-32(11-5-27)57-48(62)36-18-8-30(24-40(36)51(57)65)31-9-19-38-42(25-31)53(67)59(50(38)64)34-14-12-33(13-15-34)58-49(63)37-17-7-29(23-41(37)52(58)66)28-6-16-35-39(22-28)47(61)56(2)46(35)60/h3-25H,1-2H3,(H,54,55). The Balaban J connectivity index is 0.761. The van der Waals surface area contributed by atoms with Gasteiger partial charge in [0, 0.05) is 12.6 Å². The number of hydrogen-bond donors (Lipinski definition) is 1. The van der Waals surface area contributed by atoms with E-state index in [2.05, 4.69) is 9.97 Å². The minimum Gasteiger partial charge on any atom is -0.338 e. The van der Waals surface area contributed by atoms with Gasteiger partial charge >= 0.3 is 0 Å². The first-order valence-corrected chi connectivity index (χ1v) is 21.1. The molecular formula is C53H30N6O8. The van der Waals surface area contributed by atoms with Crippen LogP contribution in [-0.2, 0) is 0 Å². The topological polar surface area (TPSA) is 178 Å². The number of aromatic amines is 1. The van der Waals surface area contributed by atoms with Gasteiger partial charge in [-0.2, -0.15) is 0 Å². The van der Waals surface area contributed by atoms with E-state index < -0.39 is 47.3 Å². The highest BCUT2D eigenvalue weighted by Gasteiger charge is 2.41. The summed E-state index contributed by atoms with van der Waals surface area (Å²) in [6.45, 7) is 2.00. The van der Waals surface area contributed by atoms with Gasteiger partial charge < -0.3 is 4.98 Å². The van der Waals surface area contributed by atoms with Gasteiger partial charge in [0.1, 0.15) is 5.82 Å². The number of nitrogens with zero attached hydrogens (tertiary/aromatic N) is 5. The molecule has 0 unspecified atom stereocenters. The summed E-state index contributed by atoms with van der Waals surface area (Å²) in [7, 11) is 1.41. The van der Waals surface area contributed by atoms with Gasteiger partial charge in [0.25, 0.3) is 47.3 Å². The summed E-state index contributed by atoms with van der Waals surface area (Å²) in [6.07, 6.45) is 0. The van der Waals surface area contributed by atoms with Crippen molar-refractivity contribution in [3.05, 3.63) is 190 Å². The summed E-state index contributed by atoms with van der Waals surface area (Å²) in [5.41, 5.74) is 8.35. The molecule has 12 rings (SSSR count). The monoisotopic (exact) mass is 878 g/mol. The molecule has 1 aromatic heterocycles. The molecule has 0 bridgehead atoms. The first-order valence-electron chi connectivity index (χ1n) is 21.1. The quantitative estimate of drug-likeness (QED) is 0.160. The maximum absolute atomic E-state index is 13.9. The summed E-state index contributed by atoms with van der Waals surface area (Å²) >= 11 is 0. The van der Waals surface area contributed by atoms with Crippen molar-refractivity contribution < 1.29 is 38.4 Å². The number of benzene rings is 7. The zero-order valence-corrected chi connectivity index (χ0v) is 35.3. The molecule has 8 aromatic rings. The van der Waals surface area contributed by atoms with Gasteiger partial charge in [0.15, 0.2) is 0 Å². The molecule has 0 atom stereocenters. The van der Waals surface area contributed by atoms with Crippen LogP contribution < -0.4 is 14.7 Å². The number of rotatable bonds is 6. The van der Waals surface area contributed by atoms with Crippen LogP contribution in [0.3, 0.4) is 0 Å². The average Bonchev–Trinajstić information content (AvgIpc) is 4.08. The molecule has 5 heterocycles. The Labute approximate surface area is 379 Å². The Morgan fingerprint density at radius 1 is 0.358 bits per heavy atom. The average molecular weight is 879 g/mol. The number of imidazole rings is 1. The van der Waals surface area contributed by atoms with Crippen LogP contribution in [0.2, 0.25) is 0 Å². The van der Waals surface area contributed by atoms with Crippen LogP contribution in [0.4, 0.5) is 17.1 Å². The van der Waals surface area contributed by atoms with Crippen molar-refractivity contribution in [1.82, 2.24) is 14.9 Å². The molecule has 4 aliphatic rings. The van der Waals surface area contributed by atoms with Crippen LogP contribution in [0.1, 0.15) is 88.4 Å². The van der Waals surface area contributed by atoms with E-state index in [1.807, 2.05) is 25.1 Å². The molecule has 14 heteroatoms. The van der Waals surface area contributed by atoms with Gasteiger partial charge in [-0.1, -0.05) is 30.3 Å². The minimum atomic E-state index is -0.591. The fourth-order valence-corrected chi connectivity index (χ4v) is 9.28. The van der Waals surface area contributed by atoms with Gasteiger partial charge in [0.2, 0.25) is 0 Å². The van der Waals surface area contributed by atoms with Crippen molar-refractivity contribution >= 4 is 75.4 Å². The summed E-state index contributed by atoms with van der Waals surface area (Å²) in [6, 6.07) is 38.2. The highest BCUT2D eigenvalue weighted by molar-refractivity contribution is 6.37. The van der Waals surface area contributed by atoms with Gasteiger partial charge in [-0.15, -0.1) is 0 Å². The fraction of sp³-hybridized carbons (Fsp3) is 0.0377. The third kappa shape index (κ3) is 5.72. The molecule has 14 nitrogen and oxygen atoms in total. The number of aryl methyl sites for hydroxylation is 1. The number of amides is 8. The van der Waals surface area contributed by atoms with E-state index in [0.717, 1.165) is 41.8 Å². The third-order valence-electron chi connectivity index (χ3n) is 12.8. The Morgan fingerprint density at radius 2 is 0.687 bits per heavy atom. The zero-order valence-electron chi connectivity index (χ0n) is 35.3. The maximum atomic E-state index is 13.9. The second-order valence-electron chi connectivity index (χ2n) is 16.7. The summed E-state index contributed by atoms with van der Waals surface area (Å²) < 4.78 is 0. The number of carbonyl (C=O) groups excluding carboxylic acids is 8. The molecule has 1 N–H and O–H groups in total. The lowest BCUT2D eigenvalue weighted by molar-refractivity contribution is 0.0690. The lowest BCUT2D eigenvalue weighted by Crippen LogP contribution is -2.30. The molecule has 0 radical (unpaired) electrons. The minimum absolute atomic E-state index is 0.137. The van der Waals surface area contributed by atoms with Crippen LogP contribution in [-0.4, -0.2) is 69.2 Å². The van der Waals surface area contributed by atoms with E-state index in [0.29, 0.717) is 39.3 Å². The predicted octanol–water partition coefficient (Wildman–Crippen LogP) is 8.50. The predicted molar refractivity (Wildman–Crippen MR) is 246 cm³/mol. The van der Waals surface area contributed by atoms with Gasteiger partial charge in [-0.05, 0) is 144 Å². The number of nitrogens with one attached hydrogen (secondary N) is 1. The first-order chi connectivity index (χ1) is 32.3. The van der Waals surface area contributed by atoms with E-state index in [4.69, 9.17) is 0 Å². The number of anilines is 3. The van der Waals surface area contributed by atoms with Crippen LogP contribution in [0, 0.1) is 6.92 Å². The Kier molecular flexibility index (Phi) is 8.21. The number of imide groups is 4. The van der Waals surface area contributed by atoms with Crippen LogP contribution >= 0.6 is 0 Å². The Morgan fingerprint density at radius 3 is 1.10 bits per heavy atom. The molecule has 0 aliphatic carbocycles. The van der Waals surface area contributed by atoms with Crippen molar-refractivity contribution in [3.63, 3.8) is 0 Å². The molecule has 67 heavy (non-hydrogen) atoms. The van der Waals surface area contributed by atoms with Crippen molar-refractivity contribution in [3.8, 4) is 33.6 Å². The Hall–Kier alpha value is -9.43. The number of fused-ring (bicyclic) bond motifs is 5. The van der Waals surface area contributed by atoms with E-state index in [-0.39, 0.29) is 50.3 Å². The Bertz CT molecular complexity index is 3680. The van der Waals surface area contributed by atoms with Crippen LogP contribution in [0.5, 0.6) is 0 Å². The highest BCUT2D eigenvalue weighted by atomic mass is 16.2. The lowest BCUT2D eigenvalue weighted by atomic mass is 9.97. The van der Waals surface area contributed by atoms with Gasteiger partial charge in [-0.3, -0.25) is 43.3 Å². The first kappa shape index (κ1) is 39.2. The van der Waals surface area contributed by atoms with Gasteiger partial charge in [-0.25, -0.2) is 19.7 Å². The number of hydrogen-bond acceptors (Lipinski definition) is 9. The second kappa shape index (κ2) is 14.0. The van der Waals surface area contributed by atoms with Crippen molar-refractivity contribution in [1.29, 1.82) is 0 Å². The molecule has 4 aliphatic heterocycles. The van der Waals surface area contributed by atoms with Gasteiger partial charge in [0.05, 0.1) is 72.6 Å². The van der Waals surface area contributed by atoms with E-state index >= 15 is 0 Å². The molecule has 0 saturated heterocycles. The highest BCUT2D eigenvalue weighted by Crippen LogP contribution is 2.38. The zero-order chi connectivity index (χ0) is 46.2. The molecule has 0 spiro atoms. The smallest absolute Gasteiger partial charge is 0.266 e. The lowest BCUT2D eigenvalue weighted by Gasteiger charge is -2.17.